The molecule has 1 N–H and O–H groups in total. The van der Waals surface area contributed by atoms with E-state index >= 15 is 0 Å². The molecular formula is C13H14O6. The molecular weight excluding hydrogens is 252 g/mol. The standard InChI is InChI=1S/C13H14O6/c1-8(14)10-3-4-12(19-7-13(16)17)11(5-10)6-18-9(2)15/h3-5H,6-7H2,1-2H3,(H,16,17). The van der Waals surface area contributed by atoms with E-state index in [1.54, 1.807) is 0 Å². The zero-order chi connectivity index (χ0) is 14.4. The molecule has 19 heavy (non-hydrogen) atoms. The molecule has 0 fully saturated rings. The highest BCUT2D eigenvalue weighted by molar-refractivity contribution is 5.94. The van der Waals surface area contributed by atoms with Crippen LogP contribution in [0.5, 0.6) is 5.75 Å². The van der Waals surface area contributed by atoms with Gasteiger partial charge < -0.3 is 14.6 Å². The van der Waals surface area contributed by atoms with E-state index in [2.05, 4.69) is 0 Å². The fraction of sp³-hybridized carbons (Fsp3) is 0.308. The normalized spacial score (nSPS) is 9.79. The first kappa shape index (κ1) is 14.7. The predicted octanol–water partition coefficient (Wildman–Crippen LogP) is 1.42. The number of rotatable bonds is 6. The number of carbonyl (C=O) groups excluding carboxylic acids is 2. The van der Waals surface area contributed by atoms with Gasteiger partial charge in [-0.3, -0.25) is 9.59 Å². The Bertz CT molecular complexity index is 506. The molecule has 0 radical (unpaired) electrons. The number of carboxylic acids is 1. The van der Waals surface area contributed by atoms with Crippen LogP contribution in [-0.2, 0) is 20.9 Å². The van der Waals surface area contributed by atoms with Gasteiger partial charge in [0.05, 0.1) is 0 Å². The second-order valence-corrected chi connectivity index (χ2v) is 3.84. The third-order valence-corrected chi connectivity index (χ3v) is 2.25. The van der Waals surface area contributed by atoms with Crippen LogP contribution in [0.2, 0.25) is 0 Å². The van der Waals surface area contributed by atoms with Gasteiger partial charge in [0.2, 0.25) is 0 Å². The monoisotopic (exact) mass is 266 g/mol. The van der Waals surface area contributed by atoms with Crippen LogP contribution in [0.25, 0.3) is 0 Å². The van der Waals surface area contributed by atoms with Crippen molar-refractivity contribution < 1.29 is 29.0 Å². The molecule has 0 unspecified atom stereocenters. The zero-order valence-electron chi connectivity index (χ0n) is 10.6. The Kier molecular flexibility index (Phi) is 5.05. The molecule has 0 atom stereocenters. The van der Waals surface area contributed by atoms with Gasteiger partial charge in [-0.1, -0.05) is 0 Å². The van der Waals surface area contributed by atoms with Crippen LogP contribution in [0.3, 0.4) is 0 Å². The van der Waals surface area contributed by atoms with E-state index in [9.17, 15) is 14.4 Å². The molecule has 0 aliphatic rings. The Morgan fingerprint density at radius 3 is 2.42 bits per heavy atom. The van der Waals surface area contributed by atoms with Crippen molar-refractivity contribution in [3.05, 3.63) is 29.3 Å². The summed E-state index contributed by atoms with van der Waals surface area (Å²) in [5, 5.41) is 8.56. The number of aliphatic carboxylic acids is 1. The van der Waals surface area contributed by atoms with Crippen molar-refractivity contribution in [2.75, 3.05) is 6.61 Å². The van der Waals surface area contributed by atoms with Crippen molar-refractivity contribution >= 4 is 17.7 Å². The highest BCUT2D eigenvalue weighted by atomic mass is 16.5. The second-order valence-electron chi connectivity index (χ2n) is 3.84. The molecule has 1 aromatic carbocycles. The maximum Gasteiger partial charge on any atom is 0.341 e. The minimum absolute atomic E-state index is 0.0780. The van der Waals surface area contributed by atoms with E-state index in [4.69, 9.17) is 14.6 Å². The van der Waals surface area contributed by atoms with E-state index in [-0.39, 0.29) is 18.1 Å². The molecule has 0 heterocycles. The smallest absolute Gasteiger partial charge is 0.341 e. The van der Waals surface area contributed by atoms with Gasteiger partial charge in [0.25, 0.3) is 0 Å². The first-order valence-electron chi connectivity index (χ1n) is 5.52. The molecule has 0 amide bonds. The summed E-state index contributed by atoms with van der Waals surface area (Å²) in [7, 11) is 0. The summed E-state index contributed by atoms with van der Waals surface area (Å²) in [6.45, 7) is 2.08. The van der Waals surface area contributed by atoms with Crippen molar-refractivity contribution in [1.82, 2.24) is 0 Å². The topological polar surface area (TPSA) is 89.9 Å². The Labute approximate surface area is 109 Å². The van der Waals surface area contributed by atoms with Gasteiger partial charge in [-0.2, -0.15) is 0 Å². The van der Waals surface area contributed by atoms with Gasteiger partial charge >= 0.3 is 11.9 Å². The lowest BCUT2D eigenvalue weighted by Gasteiger charge is -2.11. The third-order valence-electron chi connectivity index (χ3n) is 2.25. The number of ketones is 1. The van der Waals surface area contributed by atoms with Crippen molar-refractivity contribution in [2.24, 2.45) is 0 Å². The molecule has 6 nitrogen and oxygen atoms in total. The Hall–Kier alpha value is -2.37. The highest BCUT2D eigenvalue weighted by Gasteiger charge is 2.10. The SMILES string of the molecule is CC(=O)OCc1cc(C(C)=O)ccc1OCC(=O)O. The van der Waals surface area contributed by atoms with Crippen molar-refractivity contribution in [3.8, 4) is 5.75 Å². The van der Waals surface area contributed by atoms with Gasteiger partial charge in [0, 0.05) is 18.1 Å². The van der Waals surface area contributed by atoms with E-state index in [1.165, 1.54) is 32.0 Å². The van der Waals surface area contributed by atoms with Gasteiger partial charge in [0.15, 0.2) is 12.4 Å². The fourth-order valence-corrected chi connectivity index (χ4v) is 1.37. The number of carbonyl (C=O) groups is 3. The summed E-state index contributed by atoms with van der Waals surface area (Å²) in [4.78, 5) is 32.5. The number of hydrogen-bond acceptors (Lipinski definition) is 5. The fourth-order valence-electron chi connectivity index (χ4n) is 1.37. The summed E-state index contributed by atoms with van der Waals surface area (Å²) >= 11 is 0. The number of esters is 1. The van der Waals surface area contributed by atoms with E-state index < -0.39 is 18.5 Å². The Morgan fingerprint density at radius 1 is 1.21 bits per heavy atom. The zero-order valence-corrected chi connectivity index (χ0v) is 10.6. The van der Waals surface area contributed by atoms with Crippen LogP contribution in [0.4, 0.5) is 0 Å². The second kappa shape index (κ2) is 6.53. The molecule has 0 aromatic heterocycles. The molecule has 0 bridgehead atoms. The minimum Gasteiger partial charge on any atom is -0.481 e. The third kappa shape index (κ3) is 4.79. The molecule has 0 aliphatic heterocycles. The molecule has 0 saturated carbocycles. The molecule has 0 aliphatic carbocycles. The minimum atomic E-state index is -1.12. The van der Waals surface area contributed by atoms with Gasteiger partial charge in [-0.05, 0) is 25.1 Å². The van der Waals surface area contributed by atoms with E-state index in [0.717, 1.165) is 0 Å². The van der Waals surface area contributed by atoms with E-state index in [1.807, 2.05) is 0 Å². The quantitative estimate of drug-likeness (QED) is 0.618. The molecule has 0 spiro atoms. The Balaban J connectivity index is 2.96. The van der Waals surface area contributed by atoms with Crippen LogP contribution in [-0.4, -0.2) is 29.4 Å². The number of hydrogen-bond donors (Lipinski definition) is 1. The molecule has 6 heteroatoms. The van der Waals surface area contributed by atoms with Crippen LogP contribution in [0.15, 0.2) is 18.2 Å². The molecule has 0 saturated heterocycles. The van der Waals surface area contributed by atoms with E-state index in [0.29, 0.717) is 11.1 Å². The maximum absolute atomic E-state index is 11.3. The predicted molar refractivity (Wildman–Crippen MR) is 65.0 cm³/mol. The summed E-state index contributed by atoms with van der Waals surface area (Å²) in [5.74, 6) is -1.46. The van der Waals surface area contributed by atoms with Crippen molar-refractivity contribution in [2.45, 2.75) is 20.5 Å². The number of Topliss-reactive ketones (excluding diaryl/α,β-unsaturated/α-hetero) is 1. The van der Waals surface area contributed by atoms with Crippen LogP contribution >= 0.6 is 0 Å². The summed E-state index contributed by atoms with van der Waals surface area (Å²) in [5.41, 5.74) is 0.883. The highest BCUT2D eigenvalue weighted by Crippen LogP contribution is 2.21. The lowest BCUT2D eigenvalue weighted by molar-refractivity contribution is -0.142. The van der Waals surface area contributed by atoms with Gasteiger partial charge in [0.1, 0.15) is 12.4 Å². The molecule has 1 aromatic rings. The maximum atomic E-state index is 11.3. The first-order valence-corrected chi connectivity index (χ1v) is 5.52. The first-order chi connectivity index (χ1) is 8.90. The molecule has 1 rings (SSSR count). The average Bonchev–Trinajstić information content (AvgIpc) is 2.33. The Morgan fingerprint density at radius 2 is 1.89 bits per heavy atom. The number of ether oxygens (including phenoxy) is 2. The molecule has 102 valence electrons. The van der Waals surface area contributed by atoms with Crippen LogP contribution < -0.4 is 4.74 Å². The number of benzene rings is 1. The summed E-state index contributed by atoms with van der Waals surface area (Å²) in [6.07, 6.45) is 0. The van der Waals surface area contributed by atoms with Gasteiger partial charge in [-0.25, -0.2) is 4.79 Å². The average molecular weight is 266 g/mol. The summed E-state index contributed by atoms with van der Waals surface area (Å²) < 4.78 is 9.90. The van der Waals surface area contributed by atoms with Gasteiger partial charge in [-0.15, -0.1) is 0 Å². The van der Waals surface area contributed by atoms with Crippen molar-refractivity contribution in [3.63, 3.8) is 0 Å². The largest absolute Gasteiger partial charge is 0.481 e. The lowest BCUT2D eigenvalue weighted by atomic mass is 10.1. The van der Waals surface area contributed by atoms with Crippen LogP contribution in [0, 0.1) is 0 Å². The van der Waals surface area contributed by atoms with Crippen LogP contribution in [0.1, 0.15) is 29.8 Å². The lowest BCUT2D eigenvalue weighted by Crippen LogP contribution is -2.11. The summed E-state index contributed by atoms with van der Waals surface area (Å²) in [6, 6.07) is 4.53. The number of carboxylic acid groups (broad SMARTS) is 1. The van der Waals surface area contributed by atoms with Crippen molar-refractivity contribution in [1.29, 1.82) is 0 Å².